The van der Waals surface area contributed by atoms with Crippen LogP contribution in [0, 0.1) is 11.3 Å². The van der Waals surface area contributed by atoms with Gasteiger partial charge in [-0.2, -0.15) is 5.26 Å². The first-order chi connectivity index (χ1) is 32.5. The summed E-state index contributed by atoms with van der Waals surface area (Å²) in [6.45, 7) is 13.6. The molecule has 2 aliphatic heterocycles. The monoisotopic (exact) mass is 877 g/mol. The van der Waals surface area contributed by atoms with E-state index in [1.807, 2.05) is 24.8 Å². The Hall–Kier alpha value is -7.85. The summed E-state index contributed by atoms with van der Waals surface area (Å²) in [5.74, 6) is 0. The van der Waals surface area contributed by atoms with Crippen molar-refractivity contribution in [2.24, 2.45) is 0 Å². The van der Waals surface area contributed by atoms with E-state index < -0.39 is 8.07 Å². The summed E-state index contributed by atoms with van der Waals surface area (Å²) < 4.78 is 4.72. The molecule has 0 saturated carbocycles. The fourth-order valence-corrected chi connectivity index (χ4v) is 17.6. The first kappa shape index (κ1) is 39.5. The Bertz CT molecular complexity index is 3760. The Balaban J connectivity index is 1.20. The van der Waals surface area contributed by atoms with E-state index in [0.717, 1.165) is 60.9 Å². The Kier molecular flexibility index (Phi) is 8.16. The van der Waals surface area contributed by atoms with Crippen molar-refractivity contribution in [3.63, 3.8) is 0 Å². The van der Waals surface area contributed by atoms with Crippen LogP contribution < -0.4 is 20.7 Å². The van der Waals surface area contributed by atoms with Crippen molar-refractivity contribution in [3.05, 3.63) is 193 Å². The maximum Gasteiger partial charge on any atom is 0.182 e. The largest absolute Gasteiger partial charge is 0.308 e. The molecule has 0 atom stereocenters. The summed E-state index contributed by atoms with van der Waals surface area (Å²) in [6.07, 6.45) is 8.02. The van der Waals surface area contributed by atoms with Crippen molar-refractivity contribution in [2.75, 3.05) is 0 Å². The van der Waals surface area contributed by atoms with E-state index in [9.17, 15) is 5.26 Å². The number of pyridine rings is 2. The molecule has 0 radical (unpaired) electrons. The molecule has 0 fully saturated rings. The van der Waals surface area contributed by atoms with Crippen molar-refractivity contribution < 1.29 is 0 Å². The third-order valence-electron chi connectivity index (χ3n) is 14.9. The van der Waals surface area contributed by atoms with Crippen LogP contribution in [0.2, 0.25) is 0 Å². The topological polar surface area (TPSA) is 59.4 Å². The van der Waals surface area contributed by atoms with Gasteiger partial charge in [0.25, 0.3) is 0 Å². The first-order valence-electron chi connectivity index (χ1n) is 23.3. The van der Waals surface area contributed by atoms with E-state index in [-0.39, 0.29) is 10.8 Å². The second kappa shape index (κ2) is 13.8. The number of hydrogen-bond donors (Lipinski definition) is 0. The molecule has 11 aromatic rings. The van der Waals surface area contributed by atoms with E-state index >= 15 is 0 Å². The first-order valence-corrected chi connectivity index (χ1v) is 25.3. The molecule has 0 bridgehead atoms. The molecule has 67 heavy (non-hydrogen) atoms. The molecule has 0 unspecified atom stereocenters. The lowest BCUT2D eigenvalue weighted by atomic mass is 9.86. The second-order valence-electron chi connectivity index (χ2n) is 20.5. The van der Waals surface area contributed by atoms with E-state index in [1.54, 1.807) is 0 Å². The van der Waals surface area contributed by atoms with Gasteiger partial charge >= 0.3 is 0 Å². The lowest BCUT2D eigenvalue weighted by Crippen LogP contribution is -2.71. The SMILES string of the molecule is CC(C)(C)c1ccc2c(c1)c1ccccc1n2-c1cc(-c2cccc3c2[Si]2(c4ccncc4-c4cnccc42)c2ccccc2-3)cc(-n2c3ccccc3c3cc(C(C)(C)C)ccc32)c1C#N. The quantitative estimate of drug-likeness (QED) is 0.166. The molecule has 0 aliphatic carbocycles. The van der Waals surface area contributed by atoms with Gasteiger partial charge in [-0.15, -0.1) is 0 Å². The van der Waals surface area contributed by atoms with E-state index in [2.05, 4.69) is 208 Å². The van der Waals surface area contributed by atoms with Crippen LogP contribution in [0.4, 0.5) is 0 Å². The molecule has 13 rings (SSSR count). The summed E-state index contributed by atoms with van der Waals surface area (Å²) in [4.78, 5) is 9.39. The molecule has 6 heterocycles. The summed E-state index contributed by atoms with van der Waals surface area (Å²) in [5.41, 5.74) is 16.2. The van der Waals surface area contributed by atoms with E-state index in [0.29, 0.717) is 5.56 Å². The van der Waals surface area contributed by atoms with Crippen LogP contribution >= 0.6 is 0 Å². The van der Waals surface area contributed by atoms with E-state index in [4.69, 9.17) is 9.97 Å². The highest BCUT2D eigenvalue weighted by Gasteiger charge is 2.55. The maximum absolute atomic E-state index is 11.8. The van der Waals surface area contributed by atoms with Gasteiger partial charge in [-0.05, 0) is 126 Å². The van der Waals surface area contributed by atoms with Gasteiger partial charge in [0, 0.05) is 57.5 Å². The minimum absolute atomic E-state index is 0.0413. The van der Waals surface area contributed by atoms with Crippen LogP contribution in [0.1, 0.15) is 58.2 Å². The normalized spacial score (nSPS) is 13.6. The number of rotatable bonds is 3. The van der Waals surface area contributed by atoms with Crippen LogP contribution in [-0.2, 0) is 10.8 Å². The van der Waals surface area contributed by atoms with Gasteiger partial charge in [-0.1, -0.05) is 133 Å². The molecule has 0 N–H and O–H groups in total. The molecule has 7 aromatic carbocycles. The summed E-state index contributed by atoms with van der Waals surface area (Å²) >= 11 is 0. The molecule has 0 saturated heterocycles. The fraction of sp³-hybridized carbons (Fsp3) is 0.131. The third-order valence-corrected chi connectivity index (χ3v) is 19.9. The molecule has 2 aliphatic rings. The standard InChI is InChI=1S/C61H47N5Si/c1-60(2,3)38-22-24-52-45(32-38)41-14-7-10-19-50(41)65(52)54-30-37(31-55(47(54)34-62)66-51-20-11-8-15-42(51)46-33-39(61(4,5)6)23-25-53(46)66)40-17-13-18-44-43-16-9-12-21-56(43)67(59(40)44)57-26-28-63-35-48(57)49-36-64-29-27-58(49)67/h7-33,35-36H,1-6H3. The van der Waals surface area contributed by atoms with Crippen molar-refractivity contribution in [2.45, 2.75) is 52.4 Å². The average molecular weight is 878 g/mol. The Morgan fingerprint density at radius 3 is 1.45 bits per heavy atom. The third kappa shape index (κ3) is 5.35. The summed E-state index contributed by atoms with van der Waals surface area (Å²) in [5, 5.41) is 21.9. The number of nitriles is 1. The highest BCUT2D eigenvalue weighted by Crippen LogP contribution is 2.44. The number of benzene rings is 7. The zero-order chi connectivity index (χ0) is 45.6. The Morgan fingerprint density at radius 1 is 0.448 bits per heavy atom. The molecule has 4 aromatic heterocycles. The molecular formula is C61H47N5Si. The molecular weight excluding hydrogens is 831 g/mol. The van der Waals surface area contributed by atoms with Crippen molar-refractivity contribution in [3.8, 4) is 50.8 Å². The molecule has 0 amide bonds. The van der Waals surface area contributed by atoms with Crippen molar-refractivity contribution in [1.29, 1.82) is 5.26 Å². The average Bonchev–Trinajstić information content (AvgIpc) is 4.05. The van der Waals surface area contributed by atoms with Gasteiger partial charge in [0.15, 0.2) is 8.07 Å². The Labute approximate surface area is 391 Å². The molecule has 1 spiro atoms. The van der Waals surface area contributed by atoms with Crippen LogP contribution in [0.5, 0.6) is 0 Å². The van der Waals surface area contributed by atoms with Crippen LogP contribution in [-0.4, -0.2) is 27.2 Å². The van der Waals surface area contributed by atoms with Crippen LogP contribution in [0.25, 0.3) is 88.4 Å². The van der Waals surface area contributed by atoms with E-state index in [1.165, 1.54) is 59.3 Å². The predicted octanol–water partition coefficient (Wildman–Crippen LogP) is 12.1. The van der Waals surface area contributed by atoms with Gasteiger partial charge in [0.05, 0.1) is 33.4 Å². The van der Waals surface area contributed by atoms with Gasteiger partial charge in [0.2, 0.25) is 0 Å². The van der Waals surface area contributed by atoms with Gasteiger partial charge in [0.1, 0.15) is 11.6 Å². The summed E-state index contributed by atoms with van der Waals surface area (Å²) in [6, 6.07) is 59.1. The lowest BCUT2D eigenvalue weighted by Gasteiger charge is -2.30. The number of para-hydroxylation sites is 2. The maximum atomic E-state index is 11.8. The lowest BCUT2D eigenvalue weighted by molar-refractivity contribution is 0.591. The van der Waals surface area contributed by atoms with Crippen molar-refractivity contribution in [1.82, 2.24) is 19.1 Å². The second-order valence-corrected chi connectivity index (χ2v) is 24.2. The number of hydrogen-bond acceptors (Lipinski definition) is 3. The fourth-order valence-electron chi connectivity index (χ4n) is 11.8. The minimum atomic E-state index is -2.95. The predicted molar refractivity (Wildman–Crippen MR) is 280 cm³/mol. The number of aromatic nitrogens is 4. The molecule has 6 heteroatoms. The summed E-state index contributed by atoms with van der Waals surface area (Å²) in [7, 11) is -2.95. The Morgan fingerprint density at radius 2 is 0.910 bits per heavy atom. The van der Waals surface area contributed by atoms with Gasteiger partial charge < -0.3 is 9.13 Å². The highest BCUT2D eigenvalue weighted by molar-refractivity contribution is 7.24. The smallest absolute Gasteiger partial charge is 0.182 e. The zero-order valence-electron chi connectivity index (χ0n) is 38.5. The van der Waals surface area contributed by atoms with Gasteiger partial charge in [-0.3, -0.25) is 9.97 Å². The number of fused-ring (bicyclic) bond motifs is 16. The number of nitrogens with zero attached hydrogens (tertiary/aromatic N) is 5. The van der Waals surface area contributed by atoms with Crippen molar-refractivity contribution >= 4 is 72.4 Å². The van der Waals surface area contributed by atoms with Crippen LogP contribution in [0.15, 0.2) is 176 Å². The molecule has 5 nitrogen and oxygen atoms in total. The molecule has 320 valence electrons. The highest BCUT2D eigenvalue weighted by atomic mass is 28.3. The van der Waals surface area contributed by atoms with Gasteiger partial charge in [-0.25, -0.2) is 0 Å². The van der Waals surface area contributed by atoms with Crippen LogP contribution in [0.3, 0.4) is 0 Å². The minimum Gasteiger partial charge on any atom is -0.308 e. The zero-order valence-corrected chi connectivity index (χ0v) is 39.5.